The van der Waals surface area contributed by atoms with E-state index < -0.39 is 5.82 Å². The first-order valence-corrected chi connectivity index (χ1v) is 4.43. The van der Waals surface area contributed by atoms with E-state index in [1.54, 1.807) is 0 Å². The zero-order chi connectivity index (χ0) is 9.42. The minimum absolute atomic E-state index is 0.0927. The number of anilines is 1. The molecule has 1 aromatic rings. The monoisotopic (exact) mass is 201 g/mol. The second-order valence-corrected chi connectivity index (χ2v) is 3.53. The minimum Gasteiger partial charge on any atom is -0.489 e. The molecule has 1 atom stereocenters. The summed E-state index contributed by atoms with van der Waals surface area (Å²) in [5.41, 5.74) is 0.667. The van der Waals surface area contributed by atoms with Crippen molar-refractivity contribution in [3.63, 3.8) is 0 Å². The van der Waals surface area contributed by atoms with E-state index in [0.29, 0.717) is 18.0 Å². The molecule has 1 N–H and O–H groups in total. The summed E-state index contributed by atoms with van der Waals surface area (Å²) in [6, 6.07) is 3.05. The van der Waals surface area contributed by atoms with Crippen molar-refractivity contribution >= 4 is 17.3 Å². The minimum atomic E-state index is -0.425. The first-order chi connectivity index (χ1) is 6.16. The Balaban J connectivity index is 2.43. The molecule has 0 aromatic heterocycles. The van der Waals surface area contributed by atoms with Crippen LogP contribution < -0.4 is 10.1 Å². The Bertz CT molecular complexity index is 343. The van der Waals surface area contributed by atoms with Crippen molar-refractivity contribution in [3.8, 4) is 5.75 Å². The highest BCUT2D eigenvalue weighted by Crippen LogP contribution is 2.33. The van der Waals surface area contributed by atoms with Gasteiger partial charge in [-0.2, -0.15) is 0 Å². The number of benzene rings is 1. The van der Waals surface area contributed by atoms with Gasteiger partial charge in [-0.05, 0) is 6.92 Å². The van der Waals surface area contributed by atoms with E-state index in [4.69, 9.17) is 16.3 Å². The summed E-state index contributed by atoms with van der Waals surface area (Å²) in [4.78, 5) is 0. The molecule has 0 aliphatic carbocycles. The second-order valence-electron chi connectivity index (χ2n) is 3.12. The molecule has 2 nitrogen and oxygen atoms in total. The molecule has 1 aromatic carbocycles. The van der Waals surface area contributed by atoms with Crippen LogP contribution in [0.1, 0.15) is 6.92 Å². The molecule has 13 heavy (non-hydrogen) atoms. The van der Waals surface area contributed by atoms with Gasteiger partial charge < -0.3 is 10.1 Å². The molecular formula is C9H9ClFNO. The Hall–Kier alpha value is -0.960. The van der Waals surface area contributed by atoms with Crippen LogP contribution in [0.25, 0.3) is 0 Å². The number of rotatable bonds is 0. The van der Waals surface area contributed by atoms with E-state index in [1.807, 2.05) is 6.92 Å². The van der Waals surface area contributed by atoms with Crippen LogP contribution in [-0.4, -0.2) is 12.6 Å². The number of ether oxygens (including phenoxy) is 1. The lowest BCUT2D eigenvalue weighted by Crippen LogP contribution is -2.28. The predicted octanol–water partition coefficient (Wildman–Crippen LogP) is 2.67. The number of hydrogen-bond acceptors (Lipinski definition) is 2. The lowest BCUT2D eigenvalue weighted by Gasteiger charge is -2.24. The number of halogens is 2. The van der Waals surface area contributed by atoms with Gasteiger partial charge in [0, 0.05) is 12.1 Å². The largest absolute Gasteiger partial charge is 0.489 e. The van der Waals surface area contributed by atoms with Crippen LogP contribution in [0.3, 0.4) is 0 Å². The van der Waals surface area contributed by atoms with Gasteiger partial charge in [0.15, 0.2) is 0 Å². The highest BCUT2D eigenvalue weighted by molar-refractivity contribution is 6.31. The highest BCUT2D eigenvalue weighted by atomic mass is 35.5. The van der Waals surface area contributed by atoms with E-state index in [0.717, 1.165) is 0 Å². The second kappa shape index (κ2) is 3.07. The molecular weight excluding hydrogens is 193 g/mol. The normalized spacial score (nSPS) is 20.1. The van der Waals surface area contributed by atoms with E-state index in [9.17, 15) is 4.39 Å². The third-order valence-electron chi connectivity index (χ3n) is 1.91. The van der Waals surface area contributed by atoms with E-state index >= 15 is 0 Å². The van der Waals surface area contributed by atoms with Crippen LogP contribution >= 0.6 is 11.6 Å². The van der Waals surface area contributed by atoms with Crippen LogP contribution in [0.5, 0.6) is 5.75 Å². The van der Waals surface area contributed by atoms with Crippen LogP contribution in [-0.2, 0) is 0 Å². The zero-order valence-electron chi connectivity index (χ0n) is 7.10. The molecule has 0 bridgehead atoms. The van der Waals surface area contributed by atoms with Gasteiger partial charge in [0.25, 0.3) is 0 Å². The van der Waals surface area contributed by atoms with Gasteiger partial charge in [-0.25, -0.2) is 4.39 Å². The first-order valence-electron chi connectivity index (χ1n) is 4.05. The smallest absolute Gasteiger partial charge is 0.144 e. The maximum Gasteiger partial charge on any atom is 0.144 e. The van der Waals surface area contributed by atoms with E-state index in [1.165, 1.54) is 12.1 Å². The molecule has 0 saturated heterocycles. The van der Waals surface area contributed by atoms with E-state index in [-0.39, 0.29) is 11.1 Å². The Labute approximate surface area is 80.7 Å². The maximum atomic E-state index is 13.0. The van der Waals surface area contributed by atoms with Crippen LogP contribution in [0.2, 0.25) is 5.02 Å². The Morgan fingerprint density at radius 1 is 1.62 bits per heavy atom. The summed E-state index contributed by atoms with van der Waals surface area (Å²) >= 11 is 5.60. The Morgan fingerprint density at radius 3 is 3.15 bits per heavy atom. The summed E-state index contributed by atoms with van der Waals surface area (Å²) < 4.78 is 18.4. The predicted molar refractivity (Wildman–Crippen MR) is 50.0 cm³/mol. The maximum absolute atomic E-state index is 13.0. The SMILES string of the molecule is CC1COc2cc(Cl)c(F)cc2N1. The van der Waals surface area contributed by atoms with Crippen molar-refractivity contribution < 1.29 is 9.13 Å². The summed E-state index contributed by atoms with van der Waals surface area (Å²) in [7, 11) is 0. The van der Waals surface area contributed by atoms with Gasteiger partial charge in [0.1, 0.15) is 18.2 Å². The molecule has 1 aliphatic heterocycles. The molecule has 1 heterocycles. The highest BCUT2D eigenvalue weighted by Gasteiger charge is 2.17. The third-order valence-corrected chi connectivity index (χ3v) is 2.20. The van der Waals surface area contributed by atoms with Crippen molar-refractivity contribution in [2.24, 2.45) is 0 Å². The molecule has 0 saturated carbocycles. The lowest BCUT2D eigenvalue weighted by atomic mass is 10.2. The van der Waals surface area contributed by atoms with E-state index in [2.05, 4.69) is 5.32 Å². The molecule has 0 fully saturated rings. The average Bonchev–Trinajstić information content (AvgIpc) is 2.08. The summed E-state index contributed by atoms with van der Waals surface area (Å²) in [6.45, 7) is 2.55. The Morgan fingerprint density at radius 2 is 2.38 bits per heavy atom. The van der Waals surface area contributed by atoms with Gasteiger partial charge >= 0.3 is 0 Å². The standard InChI is InChI=1S/C9H9ClFNO/c1-5-4-13-9-2-6(10)7(11)3-8(9)12-5/h2-3,5,12H,4H2,1H3. The number of hydrogen-bond donors (Lipinski definition) is 1. The number of fused-ring (bicyclic) bond motifs is 1. The van der Waals surface area contributed by atoms with Crippen molar-refractivity contribution in [1.29, 1.82) is 0 Å². The van der Waals surface area contributed by atoms with Gasteiger partial charge in [-0.1, -0.05) is 11.6 Å². The Kier molecular flexibility index (Phi) is 2.04. The van der Waals surface area contributed by atoms with Crippen LogP contribution in [0.4, 0.5) is 10.1 Å². The fraction of sp³-hybridized carbons (Fsp3) is 0.333. The summed E-state index contributed by atoms with van der Waals surface area (Å²) in [5.74, 6) is 0.190. The van der Waals surface area contributed by atoms with Crippen molar-refractivity contribution in [1.82, 2.24) is 0 Å². The average molecular weight is 202 g/mol. The molecule has 1 aliphatic rings. The molecule has 0 radical (unpaired) electrons. The molecule has 4 heteroatoms. The molecule has 0 spiro atoms. The first kappa shape index (κ1) is 8.63. The van der Waals surface area contributed by atoms with Gasteiger partial charge in [0.2, 0.25) is 0 Å². The van der Waals surface area contributed by atoms with Crippen LogP contribution in [0.15, 0.2) is 12.1 Å². The third kappa shape index (κ3) is 1.56. The summed E-state index contributed by atoms with van der Waals surface area (Å²) in [5, 5.41) is 3.20. The fourth-order valence-electron chi connectivity index (χ4n) is 1.28. The molecule has 1 unspecified atom stereocenters. The van der Waals surface area contributed by atoms with Gasteiger partial charge in [-0.15, -0.1) is 0 Å². The van der Waals surface area contributed by atoms with Gasteiger partial charge in [0.05, 0.1) is 16.8 Å². The van der Waals surface area contributed by atoms with Crippen molar-refractivity contribution in [2.45, 2.75) is 13.0 Å². The van der Waals surface area contributed by atoms with Crippen molar-refractivity contribution in [3.05, 3.63) is 23.0 Å². The lowest BCUT2D eigenvalue weighted by molar-refractivity contribution is 0.291. The topological polar surface area (TPSA) is 21.3 Å². The summed E-state index contributed by atoms with van der Waals surface area (Å²) in [6.07, 6.45) is 0. The molecule has 70 valence electrons. The fourth-order valence-corrected chi connectivity index (χ4v) is 1.44. The van der Waals surface area contributed by atoms with Crippen LogP contribution in [0, 0.1) is 5.82 Å². The quantitative estimate of drug-likeness (QED) is 0.697. The molecule has 2 rings (SSSR count). The number of nitrogens with one attached hydrogen (secondary N) is 1. The molecule has 0 amide bonds. The zero-order valence-corrected chi connectivity index (χ0v) is 7.86. The van der Waals surface area contributed by atoms with Gasteiger partial charge in [-0.3, -0.25) is 0 Å². The van der Waals surface area contributed by atoms with Crippen molar-refractivity contribution in [2.75, 3.05) is 11.9 Å².